The van der Waals surface area contributed by atoms with Crippen molar-refractivity contribution in [2.75, 3.05) is 18.4 Å². The van der Waals surface area contributed by atoms with Gasteiger partial charge in [0.05, 0.1) is 17.2 Å². The van der Waals surface area contributed by atoms with Crippen LogP contribution in [0.1, 0.15) is 27.1 Å². The van der Waals surface area contributed by atoms with Crippen molar-refractivity contribution in [1.82, 2.24) is 4.90 Å². The molecule has 0 spiro atoms. The maximum Gasteiger partial charge on any atom is 0.255 e. The second-order valence-electron chi connectivity index (χ2n) is 6.29. The van der Waals surface area contributed by atoms with E-state index >= 15 is 0 Å². The summed E-state index contributed by atoms with van der Waals surface area (Å²) in [5.74, 6) is -2.27. The van der Waals surface area contributed by atoms with E-state index in [0.717, 1.165) is 16.6 Å². The van der Waals surface area contributed by atoms with E-state index < -0.39 is 23.5 Å². The minimum atomic E-state index is -0.576. The largest absolute Gasteiger partial charge is 0.369 e. The summed E-state index contributed by atoms with van der Waals surface area (Å²) in [7, 11) is 0. The summed E-state index contributed by atoms with van der Waals surface area (Å²) < 4.78 is 14.5. The first-order chi connectivity index (χ1) is 12.8. The zero-order chi connectivity index (χ0) is 19.6. The Labute approximate surface area is 163 Å². The summed E-state index contributed by atoms with van der Waals surface area (Å²) in [6, 6.07) is 10.3. The molecule has 1 heterocycles. The van der Waals surface area contributed by atoms with Gasteiger partial charge in [0.1, 0.15) is 5.82 Å². The highest BCUT2D eigenvalue weighted by Gasteiger charge is 2.31. The fraction of sp³-hybridized carbons (Fsp3) is 0.211. The number of hydrogen-bond acceptors (Lipinski definition) is 3. The number of halogens is 2. The molecular formula is C19H17BrFN3O3. The van der Waals surface area contributed by atoms with Crippen molar-refractivity contribution < 1.29 is 18.8 Å². The van der Waals surface area contributed by atoms with Crippen LogP contribution in [0.25, 0.3) is 0 Å². The number of likely N-dealkylation sites (tertiary alicyclic amines) is 1. The first kappa shape index (κ1) is 19.0. The van der Waals surface area contributed by atoms with Crippen LogP contribution < -0.4 is 11.1 Å². The normalized spacial score (nSPS) is 16.2. The number of nitrogens with two attached hydrogens (primary N) is 1. The summed E-state index contributed by atoms with van der Waals surface area (Å²) in [5.41, 5.74) is 5.90. The molecule has 0 aliphatic carbocycles. The van der Waals surface area contributed by atoms with Crippen molar-refractivity contribution in [2.24, 2.45) is 11.7 Å². The predicted octanol–water partition coefficient (Wildman–Crippen LogP) is 2.79. The van der Waals surface area contributed by atoms with Crippen LogP contribution in [0.5, 0.6) is 0 Å². The monoisotopic (exact) mass is 433 g/mol. The van der Waals surface area contributed by atoms with Gasteiger partial charge in [-0.05, 0) is 42.8 Å². The van der Waals surface area contributed by atoms with Crippen LogP contribution in [0, 0.1) is 11.7 Å². The molecular weight excluding hydrogens is 417 g/mol. The molecule has 1 atom stereocenters. The number of rotatable bonds is 4. The molecule has 3 N–H and O–H groups in total. The van der Waals surface area contributed by atoms with Crippen molar-refractivity contribution >= 4 is 39.3 Å². The molecule has 0 radical (unpaired) electrons. The van der Waals surface area contributed by atoms with Gasteiger partial charge >= 0.3 is 0 Å². The van der Waals surface area contributed by atoms with Gasteiger partial charge in [0.25, 0.3) is 11.8 Å². The highest BCUT2D eigenvalue weighted by atomic mass is 79.9. The van der Waals surface area contributed by atoms with Gasteiger partial charge in [0.2, 0.25) is 5.91 Å². The number of nitrogens with one attached hydrogen (secondary N) is 1. The summed E-state index contributed by atoms with van der Waals surface area (Å²) in [5, 5.41) is 2.59. The zero-order valence-electron chi connectivity index (χ0n) is 14.2. The standard InChI is InChI=1S/C19H17BrFN3O3/c20-13-3-1-2-11(8-13)18(26)23-16-9-14(21)4-5-15(16)19(27)24-7-6-12(10-24)17(22)25/h1-5,8-9,12H,6-7,10H2,(H2,22,25)(H,23,26)/t12-/m0/s1. The van der Waals surface area contributed by atoms with Crippen molar-refractivity contribution in [2.45, 2.75) is 6.42 Å². The van der Waals surface area contributed by atoms with E-state index in [-0.39, 0.29) is 23.7 Å². The lowest BCUT2D eigenvalue weighted by molar-refractivity contribution is -0.121. The molecule has 140 valence electrons. The van der Waals surface area contributed by atoms with Crippen LogP contribution >= 0.6 is 15.9 Å². The number of benzene rings is 2. The molecule has 0 saturated carbocycles. The summed E-state index contributed by atoms with van der Waals surface area (Å²) >= 11 is 3.29. The molecule has 2 aromatic rings. The van der Waals surface area contributed by atoms with Crippen molar-refractivity contribution in [1.29, 1.82) is 0 Å². The van der Waals surface area contributed by atoms with Crippen molar-refractivity contribution in [3.63, 3.8) is 0 Å². The van der Waals surface area contributed by atoms with Crippen LogP contribution in [-0.2, 0) is 4.79 Å². The molecule has 0 bridgehead atoms. The molecule has 2 aromatic carbocycles. The van der Waals surface area contributed by atoms with E-state index in [1.165, 1.54) is 11.0 Å². The van der Waals surface area contributed by atoms with E-state index in [1.807, 2.05) is 0 Å². The zero-order valence-corrected chi connectivity index (χ0v) is 15.8. The molecule has 3 rings (SSSR count). The number of amides is 3. The lowest BCUT2D eigenvalue weighted by Gasteiger charge is -2.18. The van der Waals surface area contributed by atoms with E-state index in [1.54, 1.807) is 24.3 Å². The second kappa shape index (κ2) is 7.87. The average molecular weight is 434 g/mol. The molecule has 1 aliphatic rings. The summed E-state index contributed by atoms with van der Waals surface area (Å²) in [6.45, 7) is 0.591. The number of primary amides is 1. The number of nitrogens with zero attached hydrogens (tertiary/aromatic N) is 1. The highest BCUT2D eigenvalue weighted by Crippen LogP contribution is 2.24. The molecule has 8 heteroatoms. The smallest absolute Gasteiger partial charge is 0.255 e. The SMILES string of the molecule is NC(=O)[C@H]1CCN(C(=O)c2ccc(F)cc2NC(=O)c2cccc(Br)c2)C1. The fourth-order valence-corrected chi connectivity index (χ4v) is 3.38. The van der Waals surface area contributed by atoms with Gasteiger partial charge in [-0.25, -0.2) is 4.39 Å². The molecule has 27 heavy (non-hydrogen) atoms. The molecule has 0 aromatic heterocycles. The van der Waals surface area contributed by atoms with Gasteiger partial charge in [0, 0.05) is 23.1 Å². The quantitative estimate of drug-likeness (QED) is 0.775. The maximum absolute atomic E-state index is 13.7. The second-order valence-corrected chi connectivity index (χ2v) is 7.21. The van der Waals surface area contributed by atoms with Crippen molar-refractivity contribution in [3.05, 3.63) is 63.9 Å². The van der Waals surface area contributed by atoms with Crippen LogP contribution in [0.3, 0.4) is 0 Å². The Bertz CT molecular complexity index is 919. The molecule has 1 fully saturated rings. The Balaban J connectivity index is 1.84. The van der Waals surface area contributed by atoms with E-state index in [9.17, 15) is 18.8 Å². The maximum atomic E-state index is 13.7. The lowest BCUT2D eigenvalue weighted by Crippen LogP contribution is -2.32. The van der Waals surface area contributed by atoms with E-state index in [2.05, 4.69) is 21.2 Å². The molecule has 3 amide bonds. The van der Waals surface area contributed by atoms with Gasteiger partial charge in [0.15, 0.2) is 0 Å². The Morgan fingerprint density at radius 2 is 1.96 bits per heavy atom. The number of hydrogen-bond donors (Lipinski definition) is 2. The Kier molecular flexibility index (Phi) is 5.55. The summed E-state index contributed by atoms with van der Waals surface area (Å²) in [4.78, 5) is 38.1. The van der Waals surface area contributed by atoms with E-state index in [0.29, 0.717) is 18.5 Å². The third-order valence-corrected chi connectivity index (χ3v) is 4.92. The third kappa shape index (κ3) is 4.33. The first-order valence-electron chi connectivity index (χ1n) is 8.30. The van der Waals surface area contributed by atoms with Crippen molar-refractivity contribution in [3.8, 4) is 0 Å². The Hall–Kier alpha value is -2.74. The highest BCUT2D eigenvalue weighted by molar-refractivity contribution is 9.10. The number of carbonyl (C=O) groups excluding carboxylic acids is 3. The number of anilines is 1. The van der Waals surface area contributed by atoms with Gasteiger partial charge < -0.3 is 16.0 Å². The van der Waals surface area contributed by atoms with Gasteiger partial charge in [-0.15, -0.1) is 0 Å². The molecule has 6 nitrogen and oxygen atoms in total. The number of carbonyl (C=O) groups is 3. The lowest BCUT2D eigenvalue weighted by atomic mass is 10.1. The van der Waals surface area contributed by atoms with Crippen LogP contribution in [0.4, 0.5) is 10.1 Å². The minimum absolute atomic E-state index is 0.0764. The van der Waals surface area contributed by atoms with Crippen LogP contribution in [0.15, 0.2) is 46.9 Å². The summed E-state index contributed by atoms with van der Waals surface area (Å²) in [6.07, 6.45) is 0.488. The first-order valence-corrected chi connectivity index (χ1v) is 9.09. The molecule has 1 saturated heterocycles. The molecule has 1 aliphatic heterocycles. The van der Waals surface area contributed by atoms with Crippen LogP contribution in [0.2, 0.25) is 0 Å². The van der Waals surface area contributed by atoms with Crippen LogP contribution in [-0.4, -0.2) is 35.7 Å². The van der Waals surface area contributed by atoms with Gasteiger partial charge in [-0.1, -0.05) is 22.0 Å². The van der Waals surface area contributed by atoms with Gasteiger partial charge in [-0.2, -0.15) is 0 Å². The Morgan fingerprint density at radius 3 is 2.63 bits per heavy atom. The average Bonchev–Trinajstić information content (AvgIpc) is 3.12. The van der Waals surface area contributed by atoms with E-state index in [4.69, 9.17) is 5.73 Å². The van der Waals surface area contributed by atoms with Gasteiger partial charge in [-0.3, -0.25) is 14.4 Å². The predicted molar refractivity (Wildman–Crippen MR) is 102 cm³/mol. The topological polar surface area (TPSA) is 92.5 Å². The fourth-order valence-electron chi connectivity index (χ4n) is 2.98. The molecule has 0 unspecified atom stereocenters. The third-order valence-electron chi connectivity index (χ3n) is 4.42. The Morgan fingerprint density at radius 1 is 1.19 bits per heavy atom. The minimum Gasteiger partial charge on any atom is -0.369 e.